The van der Waals surface area contributed by atoms with E-state index in [9.17, 15) is 45.3 Å². The van der Waals surface area contributed by atoms with Crippen LogP contribution in [0.25, 0.3) is 0 Å². The molecule has 0 radical (unpaired) electrons. The first kappa shape index (κ1) is 68.6. The molecule has 0 aromatic rings. The van der Waals surface area contributed by atoms with Crippen LogP contribution in [0.4, 0.5) is 0 Å². The van der Waals surface area contributed by atoms with Crippen molar-refractivity contribution < 1.29 is 88.0 Å². The zero-order chi connectivity index (χ0) is 59.9. The van der Waals surface area contributed by atoms with Crippen molar-refractivity contribution in [2.24, 2.45) is 35.5 Å². The number of rotatable bonds is 19. The maximum absolute atomic E-state index is 14.0. The van der Waals surface area contributed by atoms with Crippen molar-refractivity contribution in [1.29, 1.82) is 0 Å². The fraction of sp³-hybridized carbons (Fsp3) is 0.778. The Morgan fingerprint density at radius 2 is 1.01 bits per heavy atom. The Labute approximate surface area is 482 Å². The maximum Gasteiger partial charge on any atom is 0.331 e. The second kappa shape index (κ2) is 31.8. The summed E-state index contributed by atoms with van der Waals surface area (Å²) in [5, 5.41) is 78.0. The summed E-state index contributed by atoms with van der Waals surface area (Å²) in [7, 11) is 1.53. The molecule has 24 atom stereocenters. The molecule has 4 fully saturated rings. The number of aliphatic hydroxyl groups is 7. The van der Waals surface area contributed by atoms with Gasteiger partial charge in [-0.05, 0) is 77.4 Å². The first-order valence-corrected chi connectivity index (χ1v) is 30.2. The van der Waals surface area contributed by atoms with Crippen molar-refractivity contribution >= 4 is 11.9 Å². The Morgan fingerprint density at radius 3 is 1.41 bits per heavy atom. The Morgan fingerprint density at radius 1 is 0.593 bits per heavy atom. The molecule has 4 saturated heterocycles. The monoisotopic (exact) mass is 1150 g/mol. The minimum Gasteiger partial charge on any atom is -0.458 e. The van der Waals surface area contributed by atoms with Crippen LogP contribution in [0.3, 0.4) is 0 Å². The van der Waals surface area contributed by atoms with E-state index in [0.29, 0.717) is 32.1 Å². The molecule has 18 heteroatoms. The van der Waals surface area contributed by atoms with Gasteiger partial charge in [-0.25, -0.2) is 9.59 Å². The highest BCUT2D eigenvalue weighted by atomic mass is 16.7. The van der Waals surface area contributed by atoms with Gasteiger partial charge in [-0.3, -0.25) is 0 Å². The van der Waals surface area contributed by atoms with Crippen LogP contribution < -0.4 is 0 Å². The number of hydrogen-bond acceptors (Lipinski definition) is 18. The molecule has 0 aliphatic carbocycles. The van der Waals surface area contributed by atoms with E-state index in [-0.39, 0.29) is 62.4 Å². The van der Waals surface area contributed by atoms with Gasteiger partial charge >= 0.3 is 11.9 Å². The fourth-order valence-corrected chi connectivity index (χ4v) is 12.6. The lowest BCUT2D eigenvalue weighted by atomic mass is 9.80. The zero-order valence-corrected chi connectivity index (χ0v) is 50.6. The number of carbonyl (C=O) groups excluding carboxylic acids is 2. The van der Waals surface area contributed by atoms with Crippen molar-refractivity contribution in [3.63, 3.8) is 0 Å². The van der Waals surface area contributed by atoms with Gasteiger partial charge in [-0.15, -0.1) is 0 Å². The third-order valence-corrected chi connectivity index (χ3v) is 17.9. The molecule has 5 aliphatic heterocycles. The van der Waals surface area contributed by atoms with E-state index < -0.39 is 133 Å². The number of carbonyl (C=O) groups is 2. The molecule has 0 aromatic heterocycles. The number of cyclic esters (lactones) is 2. The minimum atomic E-state index is -1.83. The van der Waals surface area contributed by atoms with Gasteiger partial charge in [0.2, 0.25) is 0 Å². The van der Waals surface area contributed by atoms with Crippen molar-refractivity contribution in [2.75, 3.05) is 7.11 Å². The molecule has 0 aromatic carbocycles. The Balaban J connectivity index is 1.38. The summed E-state index contributed by atoms with van der Waals surface area (Å²) in [4.78, 5) is 27.9. The average Bonchev–Trinajstić information content (AvgIpc) is 3.44. The molecule has 5 aliphatic rings. The van der Waals surface area contributed by atoms with Crippen LogP contribution in [0.1, 0.15) is 160 Å². The number of methoxy groups -OCH3 is 1. The highest BCUT2D eigenvalue weighted by Crippen LogP contribution is 2.44. The van der Waals surface area contributed by atoms with E-state index in [1.165, 1.54) is 19.3 Å². The molecule has 7 N–H and O–H groups in total. The Kier molecular flexibility index (Phi) is 26.9. The third kappa shape index (κ3) is 18.7. The fourth-order valence-electron chi connectivity index (χ4n) is 12.6. The minimum absolute atomic E-state index is 0.00264. The van der Waals surface area contributed by atoms with E-state index in [0.717, 1.165) is 17.6 Å². The highest BCUT2D eigenvalue weighted by molar-refractivity contribution is 5.83. The normalized spacial score (nSPS) is 42.2. The van der Waals surface area contributed by atoms with Crippen molar-refractivity contribution in [2.45, 2.75) is 270 Å². The summed E-state index contributed by atoms with van der Waals surface area (Å²) in [6.07, 6.45) is 8.43. The number of aliphatic hydroxyl groups excluding tert-OH is 6. The van der Waals surface area contributed by atoms with Crippen LogP contribution in [-0.4, -0.2) is 164 Å². The third-order valence-electron chi connectivity index (χ3n) is 17.9. The molecule has 0 amide bonds. The standard InChI is InChI=1S/C63H102O18/c1-14-42-22-20-24-44(16-3)60(36(7)50(66)32-62(72)34-52(46(18-5)38(9)80-62)76-56-30-48(64)58(70)40(11)74-56)78-54(68)28-26-43(15-2)23-21-25-45(17-4)61(79-55(69)29-27-42)37(8)51(67)33-63(73-13)35-53(47(19-6)39(10)81-63)77-57-31-49(65)59(71)41(12)75-57/h20-29,36-41,44-53,56-61,64-67,70-72H,14-19,30-35H2,1-13H3/b24-20+,25-21+,28-26?,29-27+,42-22+,43-23?. The lowest BCUT2D eigenvalue weighted by molar-refractivity contribution is -0.337. The van der Waals surface area contributed by atoms with Crippen LogP contribution in [0.2, 0.25) is 0 Å². The summed E-state index contributed by atoms with van der Waals surface area (Å²) in [6.45, 7) is 22.7. The number of ether oxygens (including phenoxy) is 9. The summed E-state index contributed by atoms with van der Waals surface area (Å²) >= 11 is 0. The van der Waals surface area contributed by atoms with E-state index in [4.69, 9.17) is 42.6 Å². The van der Waals surface area contributed by atoms with Gasteiger partial charge in [0.25, 0.3) is 0 Å². The van der Waals surface area contributed by atoms with Crippen LogP contribution in [0, 0.1) is 35.5 Å². The predicted molar refractivity (Wildman–Crippen MR) is 304 cm³/mol. The van der Waals surface area contributed by atoms with Gasteiger partial charge in [0.1, 0.15) is 24.4 Å². The molecule has 462 valence electrons. The van der Waals surface area contributed by atoms with Crippen LogP contribution >= 0.6 is 0 Å². The van der Waals surface area contributed by atoms with Gasteiger partial charge < -0.3 is 78.4 Å². The number of hydrogen-bond donors (Lipinski definition) is 7. The summed E-state index contributed by atoms with van der Waals surface area (Å²) in [6, 6.07) is 0. The molecule has 24 unspecified atom stereocenters. The van der Waals surface area contributed by atoms with Gasteiger partial charge in [-0.2, -0.15) is 0 Å². The predicted octanol–water partition coefficient (Wildman–Crippen LogP) is 7.73. The SMILES string of the molecule is CCC1=C/C=C/C(CC)C(C(C)C(O)CC2(OC)CC(OC3CC(O)C(O)C(C)O3)C(CC)C(C)O2)OC(=O)/C=C/C(CC)=C/C=C/C(CC)C(C(C)C(O)CC2(O)CC(OC3CC(O)C(O)C(C)O3)C(CC)C(C)O2)OC(=O)C=C1. The maximum atomic E-state index is 14.0. The van der Waals surface area contributed by atoms with Gasteiger partial charge in [0, 0.05) is 93.3 Å². The largest absolute Gasteiger partial charge is 0.458 e. The van der Waals surface area contributed by atoms with Crippen molar-refractivity contribution in [3.05, 3.63) is 71.9 Å². The molecule has 0 spiro atoms. The molecular formula is C63H102O18. The molecule has 18 nitrogen and oxygen atoms in total. The first-order valence-electron chi connectivity index (χ1n) is 30.2. The molecule has 0 saturated carbocycles. The second-order valence-corrected chi connectivity index (χ2v) is 23.6. The summed E-state index contributed by atoms with van der Waals surface area (Å²) in [5.74, 6) is -6.63. The molecule has 5 heterocycles. The lowest BCUT2D eigenvalue weighted by Crippen LogP contribution is -2.56. The summed E-state index contributed by atoms with van der Waals surface area (Å²) in [5.41, 5.74) is 1.59. The van der Waals surface area contributed by atoms with E-state index in [1.54, 1.807) is 32.9 Å². The smallest absolute Gasteiger partial charge is 0.331 e. The number of esters is 2. The van der Waals surface area contributed by atoms with Crippen molar-refractivity contribution in [3.8, 4) is 0 Å². The first-order chi connectivity index (χ1) is 38.4. The molecule has 5 rings (SSSR count). The molecule has 81 heavy (non-hydrogen) atoms. The number of allylic oxidation sites excluding steroid dienone is 8. The van der Waals surface area contributed by atoms with Gasteiger partial charge in [0.15, 0.2) is 24.2 Å². The van der Waals surface area contributed by atoms with Crippen LogP contribution in [0.5, 0.6) is 0 Å². The van der Waals surface area contributed by atoms with Gasteiger partial charge in [-0.1, -0.05) is 104 Å². The second-order valence-electron chi connectivity index (χ2n) is 23.6. The van der Waals surface area contributed by atoms with E-state index >= 15 is 0 Å². The highest BCUT2D eigenvalue weighted by Gasteiger charge is 2.51. The van der Waals surface area contributed by atoms with Crippen molar-refractivity contribution in [1.82, 2.24) is 0 Å². The van der Waals surface area contributed by atoms with Crippen LogP contribution in [0.15, 0.2) is 71.9 Å². The Hall–Kier alpha value is -3.18. The lowest BCUT2D eigenvalue weighted by Gasteiger charge is -2.49. The van der Waals surface area contributed by atoms with Crippen LogP contribution in [-0.2, 0) is 52.2 Å². The molecular weight excluding hydrogens is 1040 g/mol. The zero-order valence-electron chi connectivity index (χ0n) is 50.6. The average molecular weight is 1150 g/mol. The summed E-state index contributed by atoms with van der Waals surface area (Å²) < 4.78 is 56.4. The van der Waals surface area contributed by atoms with E-state index in [2.05, 4.69) is 0 Å². The van der Waals surface area contributed by atoms with E-state index in [1.807, 2.05) is 98.8 Å². The molecule has 0 bridgehead atoms. The Bertz CT molecular complexity index is 2120. The topological polar surface area (TPSA) is 259 Å². The quantitative estimate of drug-likeness (QED) is 0.0610. The van der Waals surface area contributed by atoms with Gasteiger partial charge in [0.05, 0.1) is 61.0 Å².